The van der Waals surface area contributed by atoms with Gasteiger partial charge in [0.1, 0.15) is 17.3 Å². The third-order valence-corrected chi connectivity index (χ3v) is 2.16. The Balaban J connectivity index is 3.08. The van der Waals surface area contributed by atoms with Gasteiger partial charge in [-0.2, -0.15) is 0 Å². The molecule has 0 saturated carbocycles. The van der Waals surface area contributed by atoms with Crippen molar-refractivity contribution in [2.24, 2.45) is 16.5 Å². The van der Waals surface area contributed by atoms with Crippen LogP contribution in [0, 0.1) is 5.82 Å². The summed E-state index contributed by atoms with van der Waals surface area (Å²) in [5.41, 5.74) is 11.1. The van der Waals surface area contributed by atoms with E-state index in [0.717, 1.165) is 6.20 Å². The molecule has 90 valence electrons. The number of hydrogen-bond acceptors (Lipinski definition) is 3. The number of carbonyl (C=O) groups is 1. The van der Waals surface area contributed by atoms with Crippen molar-refractivity contribution in [3.63, 3.8) is 0 Å². The second kappa shape index (κ2) is 5.79. The fraction of sp³-hybridized carbons (Fsp3) is 0.167. The molecule has 0 aliphatic rings. The topological polar surface area (TPSA) is 81.5 Å². The molecule has 0 heterocycles. The summed E-state index contributed by atoms with van der Waals surface area (Å²) in [7, 11) is 0. The van der Waals surface area contributed by atoms with Gasteiger partial charge in [0, 0.05) is 12.6 Å². The van der Waals surface area contributed by atoms with Crippen molar-refractivity contribution in [1.82, 2.24) is 0 Å². The zero-order valence-corrected chi connectivity index (χ0v) is 9.48. The SMILES string of the molecule is CCC(=O)C(=CN)C(N)=Nc1ccccc1F. The van der Waals surface area contributed by atoms with Crippen LogP contribution in [0.1, 0.15) is 13.3 Å². The van der Waals surface area contributed by atoms with E-state index in [0.29, 0.717) is 0 Å². The number of nitrogens with two attached hydrogens (primary N) is 2. The molecule has 0 spiro atoms. The highest BCUT2D eigenvalue weighted by Crippen LogP contribution is 2.17. The Morgan fingerprint density at radius 3 is 2.65 bits per heavy atom. The first-order chi connectivity index (χ1) is 8.10. The Morgan fingerprint density at radius 2 is 2.12 bits per heavy atom. The largest absolute Gasteiger partial charge is 0.404 e. The first kappa shape index (κ1) is 12.9. The van der Waals surface area contributed by atoms with Gasteiger partial charge in [0.15, 0.2) is 5.78 Å². The molecule has 1 aromatic carbocycles. The lowest BCUT2D eigenvalue weighted by Gasteiger charge is -2.04. The van der Waals surface area contributed by atoms with Crippen LogP contribution < -0.4 is 11.5 Å². The first-order valence-electron chi connectivity index (χ1n) is 5.14. The van der Waals surface area contributed by atoms with Gasteiger partial charge in [-0.05, 0) is 12.1 Å². The number of aliphatic imine (C=N–C) groups is 1. The second-order valence-corrected chi connectivity index (χ2v) is 3.31. The minimum Gasteiger partial charge on any atom is -0.404 e. The number of para-hydroxylation sites is 1. The van der Waals surface area contributed by atoms with Crippen molar-refractivity contribution < 1.29 is 9.18 Å². The summed E-state index contributed by atoms with van der Waals surface area (Å²) in [4.78, 5) is 15.3. The van der Waals surface area contributed by atoms with Gasteiger partial charge in [-0.25, -0.2) is 9.38 Å². The van der Waals surface area contributed by atoms with Crippen LogP contribution >= 0.6 is 0 Å². The van der Waals surface area contributed by atoms with Crippen LogP contribution in [-0.2, 0) is 4.79 Å². The smallest absolute Gasteiger partial charge is 0.167 e. The molecular weight excluding hydrogens is 221 g/mol. The predicted octanol–water partition coefficient (Wildman–Crippen LogP) is 1.64. The van der Waals surface area contributed by atoms with Crippen LogP contribution in [0.15, 0.2) is 41.0 Å². The number of hydrogen-bond donors (Lipinski definition) is 2. The van der Waals surface area contributed by atoms with E-state index in [1.54, 1.807) is 19.1 Å². The quantitative estimate of drug-likeness (QED) is 0.473. The molecule has 4 nitrogen and oxygen atoms in total. The molecule has 0 radical (unpaired) electrons. The fourth-order valence-electron chi connectivity index (χ4n) is 1.24. The van der Waals surface area contributed by atoms with Crippen molar-refractivity contribution in [3.05, 3.63) is 41.9 Å². The summed E-state index contributed by atoms with van der Waals surface area (Å²) < 4.78 is 13.3. The molecule has 4 N–H and O–H groups in total. The van der Waals surface area contributed by atoms with E-state index >= 15 is 0 Å². The Kier molecular flexibility index (Phi) is 4.39. The number of rotatable bonds is 4. The molecule has 5 heteroatoms. The second-order valence-electron chi connectivity index (χ2n) is 3.31. The molecule has 0 atom stereocenters. The van der Waals surface area contributed by atoms with Crippen LogP contribution in [-0.4, -0.2) is 11.6 Å². The highest BCUT2D eigenvalue weighted by Gasteiger charge is 2.11. The van der Waals surface area contributed by atoms with E-state index in [2.05, 4.69) is 4.99 Å². The molecule has 0 amide bonds. The molecular formula is C12H14FN3O. The Morgan fingerprint density at radius 1 is 1.47 bits per heavy atom. The van der Waals surface area contributed by atoms with Crippen LogP contribution in [0.25, 0.3) is 0 Å². The normalized spacial score (nSPS) is 12.6. The highest BCUT2D eigenvalue weighted by atomic mass is 19.1. The molecule has 1 rings (SSSR count). The van der Waals surface area contributed by atoms with E-state index in [-0.39, 0.29) is 29.3 Å². The van der Waals surface area contributed by atoms with Crippen LogP contribution in [0.5, 0.6) is 0 Å². The standard InChI is InChI=1S/C12H14FN3O/c1-2-11(17)8(7-14)12(15)16-10-6-4-3-5-9(10)13/h3-7H,2,14H2,1H3,(H2,15,16). The van der Waals surface area contributed by atoms with Crippen LogP contribution in [0.4, 0.5) is 10.1 Å². The lowest BCUT2D eigenvalue weighted by molar-refractivity contribution is -0.114. The van der Waals surface area contributed by atoms with Crippen molar-refractivity contribution in [3.8, 4) is 0 Å². The number of amidine groups is 1. The average molecular weight is 235 g/mol. The molecule has 17 heavy (non-hydrogen) atoms. The van der Waals surface area contributed by atoms with Crippen molar-refractivity contribution in [2.75, 3.05) is 0 Å². The van der Waals surface area contributed by atoms with E-state index in [1.807, 2.05) is 0 Å². The number of ketones is 1. The number of carbonyl (C=O) groups excluding carboxylic acids is 1. The molecule has 0 fully saturated rings. The maximum Gasteiger partial charge on any atom is 0.167 e. The Bertz CT molecular complexity index is 480. The summed E-state index contributed by atoms with van der Waals surface area (Å²) >= 11 is 0. The van der Waals surface area contributed by atoms with Crippen LogP contribution in [0.3, 0.4) is 0 Å². The monoisotopic (exact) mass is 235 g/mol. The zero-order valence-electron chi connectivity index (χ0n) is 9.48. The number of nitrogens with zero attached hydrogens (tertiary/aromatic N) is 1. The average Bonchev–Trinajstić information content (AvgIpc) is 2.32. The summed E-state index contributed by atoms with van der Waals surface area (Å²) in [6.07, 6.45) is 1.35. The molecule has 0 aliphatic carbocycles. The van der Waals surface area contributed by atoms with E-state index in [9.17, 15) is 9.18 Å². The maximum atomic E-state index is 13.3. The third kappa shape index (κ3) is 3.14. The van der Waals surface area contributed by atoms with Gasteiger partial charge < -0.3 is 11.5 Å². The van der Waals surface area contributed by atoms with Crippen molar-refractivity contribution in [2.45, 2.75) is 13.3 Å². The molecule has 0 unspecified atom stereocenters. The van der Waals surface area contributed by atoms with E-state index in [4.69, 9.17) is 11.5 Å². The summed E-state index contributed by atoms with van der Waals surface area (Å²) in [6.45, 7) is 1.68. The lowest BCUT2D eigenvalue weighted by Crippen LogP contribution is -2.21. The first-order valence-corrected chi connectivity index (χ1v) is 5.14. The van der Waals surface area contributed by atoms with Gasteiger partial charge in [0.2, 0.25) is 0 Å². The minimum absolute atomic E-state index is 0.0771. The number of Topliss-reactive ketones (excluding diaryl/α,β-unsaturated/α-hetero) is 1. The van der Waals surface area contributed by atoms with Crippen molar-refractivity contribution >= 4 is 17.3 Å². The summed E-state index contributed by atoms with van der Waals surface area (Å²) in [5, 5.41) is 0. The lowest BCUT2D eigenvalue weighted by atomic mass is 10.1. The maximum absolute atomic E-state index is 13.3. The van der Waals surface area contributed by atoms with E-state index in [1.165, 1.54) is 12.1 Å². The van der Waals surface area contributed by atoms with Gasteiger partial charge in [0.25, 0.3) is 0 Å². The number of benzene rings is 1. The highest BCUT2D eigenvalue weighted by molar-refractivity contribution is 6.21. The summed E-state index contributed by atoms with van der Waals surface area (Å²) in [6, 6.07) is 5.90. The summed E-state index contributed by atoms with van der Waals surface area (Å²) in [5.74, 6) is -0.815. The number of halogens is 1. The Hall–Kier alpha value is -2.17. The minimum atomic E-state index is -0.504. The fourth-order valence-corrected chi connectivity index (χ4v) is 1.24. The van der Waals surface area contributed by atoms with Gasteiger partial charge in [0.05, 0.1) is 5.57 Å². The molecule has 0 saturated heterocycles. The zero-order chi connectivity index (χ0) is 12.8. The van der Waals surface area contributed by atoms with E-state index < -0.39 is 5.82 Å². The molecule has 0 aliphatic heterocycles. The van der Waals surface area contributed by atoms with Gasteiger partial charge in [-0.3, -0.25) is 4.79 Å². The van der Waals surface area contributed by atoms with Crippen LogP contribution in [0.2, 0.25) is 0 Å². The van der Waals surface area contributed by atoms with Crippen molar-refractivity contribution in [1.29, 1.82) is 0 Å². The van der Waals surface area contributed by atoms with Gasteiger partial charge in [-0.1, -0.05) is 19.1 Å². The van der Waals surface area contributed by atoms with Gasteiger partial charge in [-0.15, -0.1) is 0 Å². The molecule has 0 aromatic heterocycles. The predicted molar refractivity (Wildman–Crippen MR) is 65.3 cm³/mol. The third-order valence-electron chi connectivity index (χ3n) is 2.16. The van der Waals surface area contributed by atoms with Gasteiger partial charge >= 0.3 is 0 Å². The molecule has 1 aromatic rings. The molecule has 0 bridgehead atoms. The Labute approximate surface area is 98.8 Å².